The molecule has 1 rings (SSSR count). The molecular formula is C11H10N2O. The summed E-state index contributed by atoms with van der Waals surface area (Å²) in [6.07, 6.45) is 0.191. The van der Waals surface area contributed by atoms with Crippen molar-refractivity contribution in [3.63, 3.8) is 0 Å². The molecule has 0 heterocycles. The van der Waals surface area contributed by atoms with Crippen molar-refractivity contribution in [2.75, 3.05) is 7.11 Å². The van der Waals surface area contributed by atoms with Crippen LogP contribution in [0.4, 0.5) is 0 Å². The van der Waals surface area contributed by atoms with Gasteiger partial charge < -0.3 is 4.74 Å². The third-order valence-corrected chi connectivity index (χ3v) is 1.97. The topological polar surface area (TPSA) is 56.8 Å². The number of methoxy groups -OCH3 is 1. The van der Waals surface area contributed by atoms with Gasteiger partial charge in [-0.3, -0.25) is 0 Å². The molecule has 0 amide bonds. The molecule has 0 bridgehead atoms. The fraction of sp³-hybridized carbons (Fsp3) is 0.273. The van der Waals surface area contributed by atoms with Crippen molar-refractivity contribution in [2.24, 2.45) is 0 Å². The summed E-state index contributed by atoms with van der Waals surface area (Å²) >= 11 is 0. The molecule has 1 aromatic carbocycles. The molecule has 0 fully saturated rings. The van der Waals surface area contributed by atoms with Gasteiger partial charge in [-0.2, -0.15) is 10.5 Å². The molecule has 3 nitrogen and oxygen atoms in total. The predicted octanol–water partition coefficient (Wildman–Crippen LogP) is 2.22. The highest BCUT2D eigenvalue weighted by Gasteiger charge is 2.14. The monoisotopic (exact) mass is 186 g/mol. The van der Waals surface area contributed by atoms with Crippen molar-refractivity contribution in [3.05, 3.63) is 29.8 Å². The number of nitrogens with zero attached hydrogens (tertiary/aromatic N) is 2. The van der Waals surface area contributed by atoms with E-state index >= 15 is 0 Å². The Morgan fingerprint density at radius 1 is 1.36 bits per heavy atom. The maximum absolute atomic E-state index is 8.87. The van der Waals surface area contributed by atoms with Crippen molar-refractivity contribution < 1.29 is 4.74 Å². The van der Waals surface area contributed by atoms with Crippen molar-refractivity contribution in [1.82, 2.24) is 0 Å². The third kappa shape index (κ3) is 2.02. The SMILES string of the molecule is COc1ccccc1[C@H](C#N)CC#N. The fourth-order valence-corrected chi connectivity index (χ4v) is 1.27. The van der Waals surface area contributed by atoms with Gasteiger partial charge in [-0.05, 0) is 6.07 Å². The van der Waals surface area contributed by atoms with Gasteiger partial charge in [-0.25, -0.2) is 0 Å². The lowest BCUT2D eigenvalue weighted by atomic mass is 9.97. The summed E-state index contributed by atoms with van der Waals surface area (Å²) in [6, 6.07) is 11.3. The molecule has 0 aliphatic rings. The highest BCUT2D eigenvalue weighted by atomic mass is 16.5. The molecular weight excluding hydrogens is 176 g/mol. The molecule has 0 saturated carbocycles. The zero-order chi connectivity index (χ0) is 10.4. The smallest absolute Gasteiger partial charge is 0.123 e. The van der Waals surface area contributed by atoms with Crippen LogP contribution in [0.25, 0.3) is 0 Å². The van der Waals surface area contributed by atoms with Gasteiger partial charge in [0, 0.05) is 5.56 Å². The van der Waals surface area contributed by atoms with Crippen LogP contribution >= 0.6 is 0 Å². The molecule has 0 N–H and O–H groups in total. The van der Waals surface area contributed by atoms with Crippen LogP contribution in [-0.2, 0) is 0 Å². The average molecular weight is 186 g/mol. The van der Waals surface area contributed by atoms with E-state index in [2.05, 4.69) is 6.07 Å². The van der Waals surface area contributed by atoms with Gasteiger partial charge in [0.25, 0.3) is 0 Å². The lowest BCUT2D eigenvalue weighted by Crippen LogP contribution is -1.98. The molecule has 0 unspecified atom stereocenters. The zero-order valence-corrected chi connectivity index (χ0v) is 7.90. The summed E-state index contributed by atoms with van der Waals surface area (Å²) in [6.45, 7) is 0. The number of hydrogen-bond donors (Lipinski definition) is 0. The lowest BCUT2D eigenvalue weighted by Gasteiger charge is -2.10. The Labute approximate surface area is 83.2 Å². The summed E-state index contributed by atoms with van der Waals surface area (Å²) < 4.78 is 5.11. The van der Waals surface area contributed by atoms with E-state index in [0.29, 0.717) is 5.75 Å². The normalized spacial score (nSPS) is 11.1. The van der Waals surface area contributed by atoms with E-state index < -0.39 is 5.92 Å². The first-order valence-corrected chi connectivity index (χ1v) is 4.23. The Hall–Kier alpha value is -2.00. The Bertz CT molecular complexity index is 387. The predicted molar refractivity (Wildman–Crippen MR) is 51.6 cm³/mol. The highest BCUT2D eigenvalue weighted by molar-refractivity contribution is 5.39. The van der Waals surface area contributed by atoms with Crippen LogP contribution < -0.4 is 4.74 Å². The van der Waals surface area contributed by atoms with Gasteiger partial charge in [-0.1, -0.05) is 18.2 Å². The molecule has 0 saturated heterocycles. The number of rotatable bonds is 3. The summed E-state index contributed by atoms with van der Waals surface area (Å²) in [5.74, 6) is 0.255. The molecule has 1 aromatic rings. The first-order valence-electron chi connectivity index (χ1n) is 4.23. The molecule has 0 spiro atoms. The van der Waals surface area contributed by atoms with E-state index in [1.807, 2.05) is 24.3 Å². The molecule has 1 atom stereocenters. The molecule has 70 valence electrons. The first-order chi connectivity index (χ1) is 6.83. The second kappa shape index (κ2) is 4.89. The van der Waals surface area contributed by atoms with Crippen LogP contribution in [-0.4, -0.2) is 7.11 Å². The number of nitriles is 2. The summed E-state index contributed by atoms with van der Waals surface area (Å²) in [5.41, 5.74) is 0.777. The van der Waals surface area contributed by atoms with Gasteiger partial charge in [0.2, 0.25) is 0 Å². The number of para-hydroxylation sites is 1. The number of hydrogen-bond acceptors (Lipinski definition) is 3. The zero-order valence-electron chi connectivity index (χ0n) is 7.90. The minimum atomic E-state index is -0.406. The molecule has 3 heteroatoms. The van der Waals surface area contributed by atoms with Gasteiger partial charge in [0.15, 0.2) is 0 Å². The average Bonchev–Trinajstić information content (AvgIpc) is 2.26. The minimum absolute atomic E-state index is 0.191. The molecule has 14 heavy (non-hydrogen) atoms. The van der Waals surface area contributed by atoms with Crippen LogP contribution in [0, 0.1) is 22.7 Å². The van der Waals surface area contributed by atoms with Crippen LogP contribution in [0.2, 0.25) is 0 Å². The van der Waals surface area contributed by atoms with Gasteiger partial charge >= 0.3 is 0 Å². The van der Waals surface area contributed by atoms with E-state index in [0.717, 1.165) is 5.56 Å². The molecule has 0 aliphatic carbocycles. The van der Waals surface area contributed by atoms with Crippen LogP contribution in [0.5, 0.6) is 5.75 Å². The van der Waals surface area contributed by atoms with E-state index in [4.69, 9.17) is 15.3 Å². The van der Waals surface area contributed by atoms with E-state index in [1.165, 1.54) is 0 Å². The first kappa shape index (κ1) is 10.1. The van der Waals surface area contributed by atoms with Crippen LogP contribution in [0.1, 0.15) is 17.9 Å². The third-order valence-electron chi connectivity index (χ3n) is 1.97. The number of ether oxygens (including phenoxy) is 1. The number of benzene rings is 1. The van der Waals surface area contributed by atoms with Crippen molar-refractivity contribution in [2.45, 2.75) is 12.3 Å². The Morgan fingerprint density at radius 3 is 2.64 bits per heavy atom. The Kier molecular flexibility index (Phi) is 3.52. The maximum atomic E-state index is 8.87. The van der Waals surface area contributed by atoms with Crippen molar-refractivity contribution >= 4 is 0 Å². The summed E-state index contributed by atoms with van der Waals surface area (Å²) in [7, 11) is 1.56. The van der Waals surface area contributed by atoms with Crippen LogP contribution in [0.15, 0.2) is 24.3 Å². The quantitative estimate of drug-likeness (QED) is 0.727. The van der Waals surface area contributed by atoms with Gasteiger partial charge in [0.1, 0.15) is 5.75 Å². The van der Waals surface area contributed by atoms with E-state index in [1.54, 1.807) is 13.2 Å². The summed E-state index contributed by atoms with van der Waals surface area (Å²) in [4.78, 5) is 0. The minimum Gasteiger partial charge on any atom is -0.496 e. The lowest BCUT2D eigenvalue weighted by molar-refractivity contribution is 0.408. The Balaban J connectivity index is 3.05. The molecule has 0 aliphatic heterocycles. The van der Waals surface area contributed by atoms with Crippen LogP contribution in [0.3, 0.4) is 0 Å². The Morgan fingerprint density at radius 2 is 2.07 bits per heavy atom. The molecule has 0 aromatic heterocycles. The van der Waals surface area contributed by atoms with Gasteiger partial charge in [-0.15, -0.1) is 0 Å². The standard InChI is InChI=1S/C11H10N2O/c1-14-11-5-3-2-4-10(11)9(8-13)6-7-12/h2-5,9H,6H2,1H3/t9-/m0/s1. The largest absolute Gasteiger partial charge is 0.496 e. The van der Waals surface area contributed by atoms with Crippen molar-refractivity contribution in [1.29, 1.82) is 10.5 Å². The summed E-state index contributed by atoms with van der Waals surface area (Å²) in [5, 5.41) is 17.4. The van der Waals surface area contributed by atoms with E-state index in [9.17, 15) is 0 Å². The second-order valence-corrected chi connectivity index (χ2v) is 2.79. The maximum Gasteiger partial charge on any atom is 0.123 e. The second-order valence-electron chi connectivity index (χ2n) is 2.79. The highest BCUT2D eigenvalue weighted by Crippen LogP contribution is 2.27. The van der Waals surface area contributed by atoms with Gasteiger partial charge in [0.05, 0.1) is 31.6 Å². The molecule has 0 radical (unpaired) electrons. The van der Waals surface area contributed by atoms with Crippen molar-refractivity contribution in [3.8, 4) is 17.9 Å². The van der Waals surface area contributed by atoms with E-state index in [-0.39, 0.29) is 6.42 Å². The fourth-order valence-electron chi connectivity index (χ4n) is 1.27.